The predicted octanol–water partition coefficient (Wildman–Crippen LogP) is 1.59. The van der Waals surface area contributed by atoms with Crippen molar-refractivity contribution in [2.24, 2.45) is 5.92 Å². The van der Waals surface area contributed by atoms with Crippen molar-refractivity contribution in [1.82, 2.24) is 5.32 Å². The van der Waals surface area contributed by atoms with E-state index in [1.807, 2.05) is 7.05 Å². The van der Waals surface area contributed by atoms with Gasteiger partial charge in [0.25, 0.3) is 0 Å². The molecule has 3 nitrogen and oxygen atoms in total. The Kier molecular flexibility index (Phi) is 5.06. The van der Waals surface area contributed by atoms with E-state index in [4.69, 9.17) is 0 Å². The monoisotopic (exact) mass is 233 g/mol. The first-order valence-electron chi connectivity index (χ1n) is 5.92. The predicted molar refractivity (Wildman–Crippen MR) is 63.8 cm³/mol. The Labute approximate surface area is 93.6 Å². The van der Waals surface area contributed by atoms with Gasteiger partial charge in [-0.2, -0.15) is 0 Å². The first-order valence-corrected chi connectivity index (χ1v) is 7.64. The summed E-state index contributed by atoms with van der Waals surface area (Å²) in [5.41, 5.74) is 0. The molecule has 0 aromatic rings. The van der Waals surface area contributed by atoms with Crippen LogP contribution >= 0.6 is 0 Å². The Morgan fingerprint density at radius 3 is 2.67 bits per heavy atom. The van der Waals surface area contributed by atoms with E-state index in [1.165, 1.54) is 6.42 Å². The number of hydrogen-bond acceptors (Lipinski definition) is 3. The normalized spacial score (nSPS) is 27.9. The van der Waals surface area contributed by atoms with Gasteiger partial charge in [0.1, 0.15) is 0 Å². The van der Waals surface area contributed by atoms with Gasteiger partial charge in [0, 0.05) is 0 Å². The van der Waals surface area contributed by atoms with Gasteiger partial charge in [0.05, 0.1) is 11.0 Å². The molecule has 1 aliphatic carbocycles. The van der Waals surface area contributed by atoms with E-state index < -0.39 is 9.84 Å². The summed E-state index contributed by atoms with van der Waals surface area (Å²) in [6.07, 6.45) is 4.78. The van der Waals surface area contributed by atoms with Crippen LogP contribution in [0.1, 0.15) is 39.0 Å². The zero-order valence-electron chi connectivity index (χ0n) is 9.83. The van der Waals surface area contributed by atoms with Crippen molar-refractivity contribution in [2.45, 2.75) is 44.3 Å². The summed E-state index contributed by atoms with van der Waals surface area (Å²) in [4.78, 5) is 0. The van der Waals surface area contributed by atoms with Gasteiger partial charge >= 0.3 is 0 Å². The van der Waals surface area contributed by atoms with Crippen LogP contribution in [0.5, 0.6) is 0 Å². The summed E-state index contributed by atoms with van der Waals surface area (Å²) >= 11 is 0. The van der Waals surface area contributed by atoms with E-state index in [9.17, 15) is 8.42 Å². The molecule has 1 fully saturated rings. The molecule has 0 aromatic carbocycles. The number of hydrogen-bond donors (Lipinski definition) is 1. The van der Waals surface area contributed by atoms with Crippen molar-refractivity contribution in [2.75, 3.05) is 19.3 Å². The highest BCUT2D eigenvalue weighted by atomic mass is 32.2. The van der Waals surface area contributed by atoms with Gasteiger partial charge in [-0.3, -0.25) is 0 Å². The number of nitrogens with one attached hydrogen (secondary N) is 1. The van der Waals surface area contributed by atoms with Crippen molar-refractivity contribution < 1.29 is 8.42 Å². The van der Waals surface area contributed by atoms with Crippen molar-refractivity contribution in [3.8, 4) is 0 Å². The fourth-order valence-corrected chi connectivity index (χ4v) is 4.35. The molecule has 4 heteroatoms. The van der Waals surface area contributed by atoms with E-state index >= 15 is 0 Å². The van der Waals surface area contributed by atoms with E-state index in [0.29, 0.717) is 11.7 Å². The minimum atomic E-state index is -2.83. The van der Waals surface area contributed by atoms with Crippen LogP contribution in [0.4, 0.5) is 0 Å². The second-order valence-electron chi connectivity index (χ2n) is 4.72. The maximum atomic E-state index is 12.0. The van der Waals surface area contributed by atoms with Crippen molar-refractivity contribution >= 4 is 9.84 Å². The fourth-order valence-electron chi connectivity index (χ4n) is 2.32. The van der Waals surface area contributed by atoms with Crippen LogP contribution in [0.25, 0.3) is 0 Å². The van der Waals surface area contributed by atoms with E-state index in [1.54, 1.807) is 0 Å². The van der Waals surface area contributed by atoms with Crippen LogP contribution in [0.2, 0.25) is 0 Å². The molecule has 0 aliphatic heterocycles. The first kappa shape index (κ1) is 13.0. The van der Waals surface area contributed by atoms with Crippen molar-refractivity contribution in [3.63, 3.8) is 0 Å². The topological polar surface area (TPSA) is 46.2 Å². The summed E-state index contributed by atoms with van der Waals surface area (Å²) in [5.74, 6) is 0.938. The molecule has 2 unspecified atom stereocenters. The third kappa shape index (κ3) is 4.11. The number of sulfone groups is 1. The molecule has 2 atom stereocenters. The Morgan fingerprint density at radius 1 is 1.33 bits per heavy atom. The highest BCUT2D eigenvalue weighted by Gasteiger charge is 2.29. The average Bonchev–Trinajstić information content (AvgIpc) is 2.18. The molecule has 0 bridgehead atoms. The van der Waals surface area contributed by atoms with Crippen molar-refractivity contribution in [3.05, 3.63) is 0 Å². The molecule has 0 spiro atoms. The fraction of sp³-hybridized carbons (Fsp3) is 1.00. The number of rotatable bonds is 5. The zero-order chi connectivity index (χ0) is 11.3. The second kappa shape index (κ2) is 5.85. The Bertz CT molecular complexity index is 274. The SMILES string of the molecule is CNCCCS(=O)(=O)C1CCCC(C)C1. The lowest BCUT2D eigenvalue weighted by atomic mass is 9.91. The summed E-state index contributed by atoms with van der Waals surface area (Å²) in [6.45, 7) is 2.96. The molecule has 1 rings (SSSR count). The maximum absolute atomic E-state index is 12.0. The summed E-state index contributed by atoms with van der Waals surface area (Å²) < 4.78 is 24.0. The van der Waals surface area contributed by atoms with Crippen LogP contribution in [-0.2, 0) is 9.84 Å². The molecule has 90 valence electrons. The van der Waals surface area contributed by atoms with Crippen LogP contribution in [0.3, 0.4) is 0 Å². The van der Waals surface area contributed by atoms with Crippen LogP contribution in [0, 0.1) is 5.92 Å². The molecule has 1 saturated carbocycles. The largest absolute Gasteiger partial charge is 0.320 e. The lowest BCUT2D eigenvalue weighted by Crippen LogP contribution is -2.30. The molecule has 0 heterocycles. The molecule has 1 aliphatic rings. The highest BCUT2D eigenvalue weighted by Crippen LogP contribution is 2.28. The lowest BCUT2D eigenvalue weighted by Gasteiger charge is -2.26. The average molecular weight is 233 g/mol. The molecular weight excluding hydrogens is 210 g/mol. The quantitative estimate of drug-likeness (QED) is 0.734. The molecule has 0 amide bonds. The van der Waals surface area contributed by atoms with Crippen molar-refractivity contribution in [1.29, 1.82) is 0 Å². The molecule has 15 heavy (non-hydrogen) atoms. The molecule has 0 aromatic heterocycles. The first-order chi connectivity index (χ1) is 7.06. The van der Waals surface area contributed by atoms with Crippen LogP contribution in [-0.4, -0.2) is 33.0 Å². The van der Waals surface area contributed by atoms with Gasteiger partial charge in [-0.1, -0.05) is 19.8 Å². The van der Waals surface area contributed by atoms with Gasteiger partial charge in [-0.05, 0) is 38.8 Å². The highest BCUT2D eigenvalue weighted by molar-refractivity contribution is 7.92. The van der Waals surface area contributed by atoms with Crippen LogP contribution < -0.4 is 5.32 Å². The Morgan fingerprint density at radius 2 is 2.07 bits per heavy atom. The standard InChI is InChI=1S/C11H23NO2S/c1-10-5-3-6-11(9-10)15(13,14)8-4-7-12-2/h10-12H,3-9H2,1-2H3. The third-order valence-electron chi connectivity index (χ3n) is 3.25. The summed E-state index contributed by atoms with van der Waals surface area (Å²) in [5, 5.41) is 2.93. The molecule has 1 N–H and O–H groups in total. The molecular formula is C11H23NO2S. The molecule has 0 radical (unpaired) electrons. The van der Waals surface area contributed by atoms with Gasteiger partial charge in [0.2, 0.25) is 0 Å². The Hall–Kier alpha value is -0.0900. The minimum absolute atomic E-state index is 0.0573. The summed E-state index contributed by atoms with van der Waals surface area (Å²) in [7, 11) is -0.972. The van der Waals surface area contributed by atoms with Crippen LogP contribution in [0.15, 0.2) is 0 Å². The zero-order valence-corrected chi connectivity index (χ0v) is 10.6. The second-order valence-corrected chi connectivity index (χ2v) is 7.12. The van der Waals surface area contributed by atoms with E-state index in [0.717, 1.165) is 32.2 Å². The van der Waals surface area contributed by atoms with E-state index in [-0.39, 0.29) is 5.25 Å². The summed E-state index contributed by atoms with van der Waals surface area (Å²) in [6, 6.07) is 0. The minimum Gasteiger partial charge on any atom is -0.320 e. The lowest BCUT2D eigenvalue weighted by molar-refractivity contribution is 0.381. The van der Waals surface area contributed by atoms with Gasteiger partial charge in [-0.25, -0.2) is 8.42 Å². The van der Waals surface area contributed by atoms with Gasteiger partial charge < -0.3 is 5.32 Å². The maximum Gasteiger partial charge on any atom is 0.153 e. The van der Waals surface area contributed by atoms with E-state index in [2.05, 4.69) is 12.2 Å². The Balaban J connectivity index is 2.45. The van der Waals surface area contributed by atoms with Gasteiger partial charge in [-0.15, -0.1) is 0 Å². The van der Waals surface area contributed by atoms with Gasteiger partial charge in [0.15, 0.2) is 9.84 Å². The molecule has 0 saturated heterocycles. The third-order valence-corrected chi connectivity index (χ3v) is 5.55. The smallest absolute Gasteiger partial charge is 0.153 e.